The standard InChI is InChI=1S/C25H8BrN3O4/c26-15-6-14-19-13(24(32)29-25(14)33)5-8(7-27)16-9-1-3-11-18-12(23(31)28-22(11)30)4-2-10(17(9)18)20(15)21(16)19/h1-6H,(H,28,30,31)(H,29,32,33). The fraction of sp³-hybridized carbons (Fsp3) is 0. The van der Waals surface area contributed by atoms with E-state index in [9.17, 15) is 24.4 Å². The average molecular weight is 494 g/mol. The predicted octanol–water partition coefficient (Wildman–Crippen LogP) is 4.14. The van der Waals surface area contributed by atoms with Gasteiger partial charge in [0.05, 0.1) is 11.6 Å². The number of carbonyl (C=O) groups is 4. The lowest BCUT2D eigenvalue weighted by atomic mass is 9.81. The quantitative estimate of drug-likeness (QED) is 0.191. The first kappa shape index (κ1) is 18.2. The second kappa shape index (κ2) is 5.71. The van der Waals surface area contributed by atoms with Gasteiger partial charge in [0.1, 0.15) is 0 Å². The van der Waals surface area contributed by atoms with Crippen molar-refractivity contribution in [1.82, 2.24) is 10.6 Å². The summed E-state index contributed by atoms with van der Waals surface area (Å²) in [6, 6.07) is 12.2. The van der Waals surface area contributed by atoms with E-state index in [1.807, 2.05) is 0 Å². The number of imide groups is 2. The number of nitrogens with zero attached hydrogens (tertiary/aromatic N) is 1. The van der Waals surface area contributed by atoms with Crippen LogP contribution < -0.4 is 10.6 Å². The number of hydrogen-bond acceptors (Lipinski definition) is 5. The van der Waals surface area contributed by atoms with E-state index in [-0.39, 0.29) is 11.1 Å². The number of amides is 4. The largest absolute Gasteiger partial charge is 0.288 e. The maximum absolute atomic E-state index is 12.7. The zero-order valence-electron chi connectivity index (χ0n) is 16.4. The molecule has 0 saturated heterocycles. The first-order valence-corrected chi connectivity index (χ1v) is 10.7. The molecule has 33 heavy (non-hydrogen) atoms. The molecule has 5 aromatic rings. The van der Waals surface area contributed by atoms with Gasteiger partial charge in [0.15, 0.2) is 0 Å². The molecule has 154 valence electrons. The van der Waals surface area contributed by atoms with E-state index in [1.165, 1.54) is 6.07 Å². The van der Waals surface area contributed by atoms with Gasteiger partial charge >= 0.3 is 0 Å². The first-order valence-electron chi connectivity index (χ1n) is 9.96. The zero-order chi connectivity index (χ0) is 22.8. The van der Waals surface area contributed by atoms with E-state index in [0.29, 0.717) is 58.9 Å². The van der Waals surface area contributed by atoms with E-state index >= 15 is 0 Å². The van der Waals surface area contributed by atoms with Crippen LogP contribution in [0.25, 0.3) is 43.1 Å². The molecule has 7 rings (SSSR count). The second-order valence-electron chi connectivity index (χ2n) is 8.13. The summed E-state index contributed by atoms with van der Waals surface area (Å²) in [6.07, 6.45) is 0. The molecule has 0 aliphatic carbocycles. The first-order chi connectivity index (χ1) is 15.9. The Morgan fingerprint density at radius 2 is 1.12 bits per heavy atom. The molecule has 2 heterocycles. The summed E-state index contributed by atoms with van der Waals surface area (Å²) in [6.45, 7) is 0. The minimum Gasteiger partial charge on any atom is -0.288 e. The van der Waals surface area contributed by atoms with Crippen LogP contribution in [0.15, 0.2) is 40.9 Å². The molecule has 7 nitrogen and oxygen atoms in total. The maximum Gasteiger partial charge on any atom is 0.258 e. The molecule has 0 unspecified atom stereocenters. The summed E-state index contributed by atoms with van der Waals surface area (Å²) in [7, 11) is 0. The summed E-state index contributed by atoms with van der Waals surface area (Å²) in [5, 5.41) is 19.7. The van der Waals surface area contributed by atoms with Crippen LogP contribution in [-0.2, 0) is 0 Å². The van der Waals surface area contributed by atoms with Crippen molar-refractivity contribution >= 4 is 82.6 Å². The average Bonchev–Trinajstić information content (AvgIpc) is 2.80. The summed E-state index contributed by atoms with van der Waals surface area (Å²) in [5.41, 5.74) is 1.62. The molecule has 0 aromatic heterocycles. The summed E-state index contributed by atoms with van der Waals surface area (Å²) < 4.78 is 0.606. The van der Waals surface area contributed by atoms with E-state index in [0.717, 1.165) is 5.39 Å². The number of nitrogens with one attached hydrogen (secondary N) is 2. The normalized spacial score (nSPS) is 14.9. The van der Waals surface area contributed by atoms with Crippen molar-refractivity contribution in [2.45, 2.75) is 0 Å². The van der Waals surface area contributed by atoms with Crippen LogP contribution in [0.4, 0.5) is 0 Å². The second-order valence-corrected chi connectivity index (χ2v) is 8.98. The van der Waals surface area contributed by atoms with Crippen LogP contribution in [0.5, 0.6) is 0 Å². The highest BCUT2D eigenvalue weighted by molar-refractivity contribution is 9.10. The minimum absolute atomic E-state index is 0.261. The van der Waals surface area contributed by atoms with Crippen LogP contribution in [0.2, 0.25) is 0 Å². The van der Waals surface area contributed by atoms with E-state index in [2.05, 4.69) is 32.6 Å². The zero-order valence-corrected chi connectivity index (χ0v) is 18.0. The molecule has 2 N–H and O–H groups in total. The third-order valence-electron chi connectivity index (χ3n) is 6.61. The minimum atomic E-state index is -0.554. The van der Waals surface area contributed by atoms with E-state index in [4.69, 9.17) is 0 Å². The third-order valence-corrected chi connectivity index (χ3v) is 7.23. The third kappa shape index (κ3) is 1.99. The van der Waals surface area contributed by atoms with Gasteiger partial charge in [0, 0.05) is 53.7 Å². The lowest BCUT2D eigenvalue weighted by molar-refractivity contribution is 0.0828. The molecule has 8 heteroatoms. The van der Waals surface area contributed by atoms with Crippen molar-refractivity contribution in [1.29, 1.82) is 5.26 Å². The van der Waals surface area contributed by atoms with Gasteiger partial charge in [-0.3, -0.25) is 29.8 Å². The molecule has 0 fully saturated rings. The smallest absolute Gasteiger partial charge is 0.258 e. The van der Waals surface area contributed by atoms with Gasteiger partial charge in [-0.2, -0.15) is 5.26 Å². The van der Waals surface area contributed by atoms with Crippen molar-refractivity contribution < 1.29 is 19.2 Å². The molecule has 2 aliphatic heterocycles. The van der Waals surface area contributed by atoms with Crippen LogP contribution in [0.1, 0.15) is 47.0 Å². The fourth-order valence-corrected chi connectivity index (χ4v) is 6.00. The van der Waals surface area contributed by atoms with Crippen molar-refractivity contribution in [2.24, 2.45) is 0 Å². The van der Waals surface area contributed by atoms with E-state index < -0.39 is 23.6 Å². The van der Waals surface area contributed by atoms with Gasteiger partial charge in [0.2, 0.25) is 0 Å². The number of hydrogen-bond donors (Lipinski definition) is 2. The number of carbonyl (C=O) groups excluding carboxylic acids is 4. The number of benzene rings is 5. The Morgan fingerprint density at radius 1 is 0.606 bits per heavy atom. The van der Waals surface area contributed by atoms with Gasteiger partial charge in [-0.15, -0.1) is 0 Å². The van der Waals surface area contributed by atoms with Gasteiger partial charge in [0.25, 0.3) is 23.6 Å². The fourth-order valence-electron chi connectivity index (χ4n) is 5.36. The monoisotopic (exact) mass is 493 g/mol. The lowest BCUT2D eigenvalue weighted by Gasteiger charge is -2.24. The maximum atomic E-state index is 12.7. The Balaban J connectivity index is 1.89. The summed E-state index contributed by atoms with van der Waals surface area (Å²) >= 11 is 3.59. The summed E-state index contributed by atoms with van der Waals surface area (Å²) in [5.74, 6) is -2.01. The Labute approximate surface area is 192 Å². The molecular weight excluding hydrogens is 486 g/mol. The molecule has 0 bridgehead atoms. The van der Waals surface area contributed by atoms with Gasteiger partial charge in [-0.1, -0.05) is 28.1 Å². The van der Waals surface area contributed by atoms with E-state index in [1.54, 1.807) is 30.3 Å². The van der Waals surface area contributed by atoms with Crippen LogP contribution in [0, 0.1) is 11.3 Å². The van der Waals surface area contributed by atoms with Gasteiger partial charge < -0.3 is 0 Å². The molecular formula is C25H8BrN3O4. The predicted molar refractivity (Wildman–Crippen MR) is 124 cm³/mol. The highest BCUT2D eigenvalue weighted by Gasteiger charge is 2.32. The molecule has 0 spiro atoms. The number of halogens is 1. The SMILES string of the molecule is N#Cc1cc2c3c(cc(Br)c4c5ccc6c7c(ccc(c1c34)c75)C(=O)NC6=O)C(=O)NC2=O. The number of rotatable bonds is 0. The summed E-state index contributed by atoms with van der Waals surface area (Å²) in [4.78, 5) is 50.5. The highest BCUT2D eigenvalue weighted by Crippen LogP contribution is 2.48. The van der Waals surface area contributed by atoms with Crippen molar-refractivity contribution in [3.8, 4) is 6.07 Å². The van der Waals surface area contributed by atoms with Crippen molar-refractivity contribution in [3.05, 3.63) is 68.7 Å². The molecule has 0 radical (unpaired) electrons. The Morgan fingerprint density at radius 3 is 1.73 bits per heavy atom. The van der Waals surface area contributed by atoms with Crippen molar-refractivity contribution in [2.75, 3.05) is 0 Å². The Hall–Kier alpha value is -4.35. The van der Waals surface area contributed by atoms with Crippen LogP contribution in [0.3, 0.4) is 0 Å². The topological polar surface area (TPSA) is 116 Å². The van der Waals surface area contributed by atoms with Crippen LogP contribution >= 0.6 is 15.9 Å². The highest BCUT2D eigenvalue weighted by atomic mass is 79.9. The van der Waals surface area contributed by atoms with Gasteiger partial charge in [-0.25, -0.2) is 0 Å². The molecule has 2 aliphatic rings. The van der Waals surface area contributed by atoms with Crippen molar-refractivity contribution in [3.63, 3.8) is 0 Å². The molecule has 5 aromatic carbocycles. The molecule has 0 atom stereocenters. The Bertz CT molecular complexity index is 1900. The Kier molecular flexibility index (Phi) is 3.16. The number of fused-ring (bicyclic) bond motifs is 2. The van der Waals surface area contributed by atoms with Crippen LogP contribution in [-0.4, -0.2) is 23.6 Å². The molecule has 4 amide bonds. The lowest BCUT2D eigenvalue weighted by Crippen LogP contribution is -2.35. The number of nitriles is 1. The molecule has 0 saturated carbocycles. The van der Waals surface area contributed by atoms with Gasteiger partial charge in [-0.05, 0) is 40.4 Å².